The largest absolute Gasteiger partial charge is 0.494 e. The maximum atomic E-state index is 11.7. The van der Waals surface area contributed by atoms with Crippen molar-refractivity contribution >= 4 is 0 Å². The minimum Gasteiger partial charge on any atom is -0.494 e. The molecule has 1 aromatic rings. The van der Waals surface area contributed by atoms with E-state index in [4.69, 9.17) is 9.84 Å². The number of hydrogen-bond acceptors (Lipinski definition) is 3. The van der Waals surface area contributed by atoms with Gasteiger partial charge in [-0.25, -0.2) is 0 Å². The van der Waals surface area contributed by atoms with Crippen molar-refractivity contribution < 1.29 is 27.8 Å². The number of aliphatic hydroxyl groups excluding tert-OH is 1. The van der Waals surface area contributed by atoms with Crippen molar-refractivity contribution in [2.75, 3.05) is 19.8 Å². The quantitative estimate of drug-likeness (QED) is 0.769. The summed E-state index contributed by atoms with van der Waals surface area (Å²) in [5, 5.41) is 8.82. The third-order valence-electron chi connectivity index (χ3n) is 2.07. The molecule has 0 radical (unpaired) electrons. The number of rotatable bonds is 7. The summed E-state index contributed by atoms with van der Waals surface area (Å²) in [5.41, 5.74) is 0.774. The molecular formula is C12H15F3O3. The highest BCUT2D eigenvalue weighted by molar-refractivity contribution is 5.26. The van der Waals surface area contributed by atoms with E-state index < -0.39 is 12.8 Å². The van der Waals surface area contributed by atoms with Crippen molar-refractivity contribution in [1.29, 1.82) is 0 Å². The first kappa shape index (κ1) is 14.8. The first-order chi connectivity index (χ1) is 8.51. The smallest absolute Gasteiger partial charge is 0.411 e. The molecule has 0 aliphatic heterocycles. The van der Waals surface area contributed by atoms with E-state index in [2.05, 4.69) is 4.74 Å². The van der Waals surface area contributed by atoms with Crippen LogP contribution in [-0.4, -0.2) is 31.1 Å². The van der Waals surface area contributed by atoms with E-state index in [1.165, 1.54) is 0 Å². The second-order valence-corrected chi connectivity index (χ2v) is 3.67. The lowest BCUT2D eigenvalue weighted by atomic mass is 10.2. The second kappa shape index (κ2) is 7.23. The highest BCUT2D eigenvalue weighted by Gasteiger charge is 2.27. The maximum absolute atomic E-state index is 11.7. The summed E-state index contributed by atoms with van der Waals surface area (Å²) >= 11 is 0. The van der Waals surface area contributed by atoms with E-state index in [0.29, 0.717) is 12.2 Å². The number of halogens is 3. The van der Waals surface area contributed by atoms with Gasteiger partial charge in [-0.05, 0) is 17.7 Å². The lowest BCUT2D eigenvalue weighted by molar-refractivity contribution is -0.174. The molecule has 0 saturated carbocycles. The lowest BCUT2D eigenvalue weighted by Crippen LogP contribution is -2.18. The van der Waals surface area contributed by atoms with Crippen LogP contribution >= 0.6 is 0 Å². The fourth-order valence-electron chi connectivity index (χ4n) is 1.23. The van der Waals surface area contributed by atoms with Crippen molar-refractivity contribution in [3.05, 3.63) is 29.8 Å². The number of aliphatic hydroxyl groups is 1. The topological polar surface area (TPSA) is 38.7 Å². The van der Waals surface area contributed by atoms with E-state index in [9.17, 15) is 13.2 Å². The predicted octanol–water partition coefficient (Wildman–Crippen LogP) is 2.53. The van der Waals surface area contributed by atoms with E-state index in [1.807, 2.05) is 0 Å². The number of benzene rings is 1. The van der Waals surface area contributed by atoms with Gasteiger partial charge < -0.3 is 14.6 Å². The Labute approximate surface area is 103 Å². The molecule has 0 saturated heterocycles. The molecule has 0 aromatic heterocycles. The Morgan fingerprint density at radius 3 is 2.28 bits per heavy atom. The molecule has 102 valence electrons. The fraction of sp³-hybridized carbons (Fsp3) is 0.500. The molecule has 0 atom stereocenters. The SMILES string of the molecule is OCc1ccc(OCCCOCC(F)(F)F)cc1. The standard InChI is InChI=1S/C12H15F3O3/c13-12(14,15)9-17-6-1-7-18-11-4-2-10(8-16)3-5-11/h2-5,16H,1,6-9H2. The Morgan fingerprint density at radius 2 is 1.72 bits per heavy atom. The summed E-state index contributed by atoms with van der Waals surface area (Å²) in [6.07, 6.45) is -3.89. The van der Waals surface area contributed by atoms with E-state index >= 15 is 0 Å². The number of alkyl halides is 3. The molecular weight excluding hydrogens is 249 g/mol. The van der Waals surface area contributed by atoms with Crippen LogP contribution in [0.2, 0.25) is 0 Å². The molecule has 0 heterocycles. The Bertz CT molecular complexity index is 335. The molecule has 0 unspecified atom stereocenters. The van der Waals surface area contributed by atoms with Crippen LogP contribution in [0.4, 0.5) is 13.2 Å². The van der Waals surface area contributed by atoms with Gasteiger partial charge in [0.25, 0.3) is 0 Å². The summed E-state index contributed by atoms with van der Waals surface area (Å²) in [5.74, 6) is 0.614. The average Bonchev–Trinajstić information content (AvgIpc) is 2.33. The van der Waals surface area contributed by atoms with Crippen LogP contribution in [0.25, 0.3) is 0 Å². The molecule has 0 fully saturated rings. The van der Waals surface area contributed by atoms with Gasteiger partial charge in [0.15, 0.2) is 0 Å². The number of hydrogen-bond donors (Lipinski definition) is 1. The summed E-state index contributed by atoms with van der Waals surface area (Å²) in [6, 6.07) is 6.83. The number of ether oxygens (including phenoxy) is 2. The molecule has 0 amide bonds. The van der Waals surface area contributed by atoms with Crippen molar-refractivity contribution in [3.63, 3.8) is 0 Å². The monoisotopic (exact) mass is 264 g/mol. The van der Waals surface area contributed by atoms with Crippen molar-refractivity contribution in [2.45, 2.75) is 19.2 Å². The van der Waals surface area contributed by atoms with Crippen molar-refractivity contribution in [1.82, 2.24) is 0 Å². The van der Waals surface area contributed by atoms with Gasteiger partial charge in [0.05, 0.1) is 19.8 Å². The van der Waals surface area contributed by atoms with Gasteiger partial charge in [0, 0.05) is 6.42 Å². The van der Waals surface area contributed by atoms with Gasteiger partial charge in [-0.1, -0.05) is 12.1 Å². The van der Waals surface area contributed by atoms with Crippen LogP contribution in [0.3, 0.4) is 0 Å². The Kier molecular flexibility index (Phi) is 5.94. The lowest BCUT2D eigenvalue weighted by Gasteiger charge is -2.08. The minimum atomic E-state index is -4.28. The Hall–Kier alpha value is -1.27. The molecule has 3 nitrogen and oxygen atoms in total. The zero-order chi connectivity index (χ0) is 13.4. The Morgan fingerprint density at radius 1 is 1.06 bits per heavy atom. The predicted molar refractivity (Wildman–Crippen MR) is 59.4 cm³/mol. The second-order valence-electron chi connectivity index (χ2n) is 3.67. The van der Waals surface area contributed by atoms with Gasteiger partial charge >= 0.3 is 6.18 Å². The zero-order valence-electron chi connectivity index (χ0n) is 9.74. The minimum absolute atomic E-state index is 0.00817. The fourth-order valence-corrected chi connectivity index (χ4v) is 1.23. The van der Waals surface area contributed by atoms with Crippen molar-refractivity contribution in [2.24, 2.45) is 0 Å². The summed E-state index contributed by atoms with van der Waals surface area (Å²) in [7, 11) is 0. The summed E-state index contributed by atoms with van der Waals surface area (Å²) in [4.78, 5) is 0. The summed E-state index contributed by atoms with van der Waals surface area (Å²) in [6.45, 7) is -0.964. The first-order valence-electron chi connectivity index (χ1n) is 5.48. The summed E-state index contributed by atoms with van der Waals surface area (Å²) < 4.78 is 44.9. The van der Waals surface area contributed by atoms with E-state index in [0.717, 1.165) is 5.56 Å². The molecule has 1 N–H and O–H groups in total. The van der Waals surface area contributed by atoms with Gasteiger partial charge in [-0.3, -0.25) is 0 Å². The van der Waals surface area contributed by atoms with Gasteiger partial charge in [0.2, 0.25) is 0 Å². The average molecular weight is 264 g/mol. The van der Waals surface area contributed by atoms with Crippen LogP contribution in [0.1, 0.15) is 12.0 Å². The normalized spacial score (nSPS) is 11.6. The maximum Gasteiger partial charge on any atom is 0.411 e. The third kappa shape index (κ3) is 6.46. The third-order valence-corrected chi connectivity index (χ3v) is 2.07. The highest BCUT2D eigenvalue weighted by atomic mass is 19.4. The van der Waals surface area contributed by atoms with Crippen LogP contribution in [-0.2, 0) is 11.3 Å². The van der Waals surface area contributed by atoms with Gasteiger partial charge in [-0.15, -0.1) is 0 Å². The molecule has 0 aliphatic rings. The van der Waals surface area contributed by atoms with Crippen LogP contribution in [0.5, 0.6) is 5.75 Å². The molecule has 1 aromatic carbocycles. The van der Waals surface area contributed by atoms with Crippen LogP contribution in [0, 0.1) is 0 Å². The molecule has 18 heavy (non-hydrogen) atoms. The molecule has 6 heteroatoms. The molecule has 0 aliphatic carbocycles. The molecule has 1 rings (SSSR count). The van der Waals surface area contributed by atoms with E-state index in [-0.39, 0.29) is 19.8 Å². The van der Waals surface area contributed by atoms with Gasteiger partial charge in [0.1, 0.15) is 12.4 Å². The van der Waals surface area contributed by atoms with Crippen LogP contribution < -0.4 is 4.74 Å². The Balaban J connectivity index is 2.10. The van der Waals surface area contributed by atoms with Gasteiger partial charge in [-0.2, -0.15) is 13.2 Å². The van der Waals surface area contributed by atoms with Crippen LogP contribution in [0.15, 0.2) is 24.3 Å². The van der Waals surface area contributed by atoms with E-state index in [1.54, 1.807) is 24.3 Å². The zero-order valence-corrected chi connectivity index (χ0v) is 9.74. The highest BCUT2D eigenvalue weighted by Crippen LogP contribution is 2.15. The molecule has 0 bridgehead atoms. The first-order valence-corrected chi connectivity index (χ1v) is 5.48. The molecule has 0 spiro atoms. The van der Waals surface area contributed by atoms with Crippen molar-refractivity contribution in [3.8, 4) is 5.75 Å².